The number of benzene rings is 1. The lowest BCUT2D eigenvalue weighted by molar-refractivity contribution is 0.141. The van der Waals surface area contributed by atoms with Crippen LogP contribution in [-0.4, -0.2) is 42.5 Å². The fourth-order valence-corrected chi connectivity index (χ4v) is 5.13. The first-order chi connectivity index (χ1) is 16.2. The first-order valence-electron chi connectivity index (χ1n) is 10.7. The highest BCUT2D eigenvalue weighted by Crippen LogP contribution is 2.35. The van der Waals surface area contributed by atoms with Gasteiger partial charge in [-0.2, -0.15) is 4.98 Å². The summed E-state index contributed by atoms with van der Waals surface area (Å²) in [6, 6.07) is 11.4. The number of nitrogens with zero attached hydrogens (tertiary/aromatic N) is 6. The molecule has 0 saturated heterocycles. The number of para-hydroxylation sites is 1. The number of hydrogen-bond donors (Lipinski definition) is 0. The molecule has 0 aliphatic heterocycles. The number of rotatable bonds is 9. The Morgan fingerprint density at radius 2 is 2.09 bits per heavy atom. The van der Waals surface area contributed by atoms with E-state index in [0.29, 0.717) is 54.2 Å². The Kier molecular flexibility index (Phi) is 6.25. The summed E-state index contributed by atoms with van der Waals surface area (Å²) in [5.41, 5.74) is 0.687. The highest BCUT2D eigenvalue weighted by Gasteiger charge is 2.22. The van der Waals surface area contributed by atoms with Crippen LogP contribution in [0, 0.1) is 0 Å². The Morgan fingerprint density at radius 1 is 1.21 bits per heavy atom. The largest absolute Gasteiger partial charge is 0.382 e. The van der Waals surface area contributed by atoms with Gasteiger partial charge in [-0.25, -0.2) is 0 Å². The molecule has 9 nitrogen and oxygen atoms in total. The van der Waals surface area contributed by atoms with E-state index in [1.807, 2.05) is 60.0 Å². The van der Waals surface area contributed by atoms with Crippen molar-refractivity contribution in [3.05, 3.63) is 58.0 Å². The molecule has 1 aromatic carbocycles. The van der Waals surface area contributed by atoms with Gasteiger partial charge in [-0.3, -0.25) is 13.8 Å². The molecule has 0 N–H and O–H groups in total. The van der Waals surface area contributed by atoms with Gasteiger partial charge in [-0.05, 0) is 43.8 Å². The molecule has 0 fully saturated rings. The van der Waals surface area contributed by atoms with Crippen molar-refractivity contribution >= 4 is 39.8 Å². The third-order valence-corrected chi connectivity index (χ3v) is 7.06. The minimum atomic E-state index is -0.157. The van der Waals surface area contributed by atoms with Crippen LogP contribution in [0.15, 0.2) is 56.3 Å². The van der Waals surface area contributed by atoms with Gasteiger partial charge in [0.05, 0.1) is 21.0 Å². The van der Waals surface area contributed by atoms with Crippen LogP contribution in [-0.2, 0) is 11.3 Å². The maximum Gasteiger partial charge on any atom is 0.262 e. The molecule has 0 aliphatic carbocycles. The van der Waals surface area contributed by atoms with E-state index in [-0.39, 0.29) is 10.8 Å². The molecule has 1 atom stereocenters. The van der Waals surface area contributed by atoms with E-state index >= 15 is 0 Å². The normalized spacial score (nSPS) is 12.7. The Balaban J connectivity index is 1.51. The maximum absolute atomic E-state index is 13.2. The van der Waals surface area contributed by atoms with Gasteiger partial charge in [-0.15, -0.1) is 21.5 Å². The van der Waals surface area contributed by atoms with Crippen molar-refractivity contribution in [1.82, 2.24) is 29.3 Å². The summed E-state index contributed by atoms with van der Waals surface area (Å²) in [7, 11) is 0. The second-order valence-electron chi connectivity index (χ2n) is 7.34. The van der Waals surface area contributed by atoms with Crippen molar-refractivity contribution in [2.75, 3.05) is 13.2 Å². The zero-order valence-corrected chi connectivity index (χ0v) is 19.8. The monoisotopic (exact) mass is 482 g/mol. The highest BCUT2D eigenvalue weighted by atomic mass is 32.2. The van der Waals surface area contributed by atoms with Gasteiger partial charge in [0.15, 0.2) is 5.16 Å². The van der Waals surface area contributed by atoms with E-state index < -0.39 is 0 Å². The molecule has 0 radical (unpaired) electrons. The number of aromatic nitrogens is 6. The summed E-state index contributed by atoms with van der Waals surface area (Å²) in [4.78, 5) is 18.7. The molecule has 0 spiro atoms. The summed E-state index contributed by atoms with van der Waals surface area (Å²) >= 11 is 3.02. The fraction of sp³-hybridized carbons (Fsp3) is 0.318. The van der Waals surface area contributed by atoms with Gasteiger partial charge in [0.1, 0.15) is 0 Å². The van der Waals surface area contributed by atoms with Crippen LogP contribution >= 0.6 is 23.1 Å². The van der Waals surface area contributed by atoms with Crippen LogP contribution < -0.4 is 5.56 Å². The zero-order chi connectivity index (χ0) is 22.8. The van der Waals surface area contributed by atoms with E-state index in [1.165, 1.54) is 11.8 Å². The summed E-state index contributed by atoms with van der Waals surface area (Å²) in [6.07, 6.45) is 0.709. The molecular formula is C22H22N6O3S2. The number of ether oxygens (including phenoxy) is 1. The molecule has 5 rings (SSSR count). The predicted octanol–water partition coefficient (Wildman–Crippen LogP) is 4.44. The van der Waals surface area contributed by atoms with E-state index in [4.69, 9.17) is 9.26 Å². The van der Waals surface area contributed by atoms with Crippen LogP contribution in [0.4, 0.5) is 0 Å². The lowest BCUT2D eigenvalue weighted by atomic mass is 10.2. The molecule has 4 heterocycles. The maximum atomic E-state index is 13.2. The predicted molar refractivity (Wildman–Crippen MR) is 128 cm³/mol. The lowest BCUT2D eigenvalue weighted by Gasteiger charge is -2.12. The fourth-order valence-electron chi connectivity index (χ4n) is 3.60. The van der Waals surface area contributed by atoms with Crippen LogP contribution in [0.2, 0.25) is 0 Å². The summed E-state index contributed by atoms with van der Waals surface area (Å²) in [5, 5.41) is 16.0. The molecule has 0 bridgehead atoms. The summed E-state index contributed by atoms with van der Waals surface area (Å²) in [6.45, 7) is 5.67. The first-order valence-corrected chi connectivity index (χ1v) is 12.4. The quantitative estimate of drug-likeness (QED) is 0.225. The number of hydrogen-bond acceptors (Lipinski definition) is 9. The number of thiophene rings is 1. The molecule has 33 heavy (non-hydrogen) atoms. The number of aryl methyl sites for hydroxylation is 1. The van der Waals surface area contributed by atoms with Crippen molar-refractivity contribution < 1.29 is 9.26 Å². The molecule has 4 aromatic heterocycles. The Morgan fingerprint density at radius 3 is 2.91 bits per heavy atom. The third kappa shape index (κ3) is 4.19. The Bertz CT molecular complexity index is 1440. The van der Waals surface area contributed by atoms with Crippen molar-refractivity contribution in [2.24, 2.45) is 0 Å². The SMILES string of the molecule is CCOCCCn1c(=O)c2ccccc2n2c(SC(C)c3nc(-c4cccs4)no3)nnc12. The topological polar surface area (TPSA) is 100 Å². The van der Waals surface area contributed by atoms with Crippen LogP contribution in [0.25, 0.3) is 27.4 Å². The van der Waals surface area contributed by atoms with Crippen molar-refractivity contribution in [3.8, 4) is 10.7 Å². The minimum Gasteiger partial charge on any atom is -0.382 e. The lowest BCUT2D eigenvalue weighted by Crippen LogP contribution is -2.24. The van der Waals surface area contributed by atoms with Crippen LogP contribution in [0.5, 0.6) is 0 Å². The van der Waals surface area contributed by atoms with E-state index in [0.717, 1.165) is 10.4 Å². The second kappa shape index (κ2) is 9.46. The van der Waals surface area contributed by atoms with Crippen LogP contribution in [0.3, 0.4) is 0 Å². The van der Waals surface area contributed by atoms with Crippen molar-refractivity contribution in [3.63, 3.8) is 0 Å². The summed E-state index contributed by atoms with van der Waals surface area (Å²) in [5.74, 6) is 1.59. The molecule has 11 heteroatoms. The van der Waals surface area contributed by atoms with Gasteiger partial charge >= 0.3 is 0 Å². The molecule has 0 amide bonds. The number of fused-ring (bicyclic) bond motifs is 3. The summed E-state index contributed by atoms with van der Waals surface area (Å²) < 4.78 is 14.6. The van der Waals surface area contributed by atoms with Crippen molar-refractivity contribution in [2.45, 2.75) is 37.2 Å². The second-order valence-corrected chi connectivity index (χ2v) is 9.59. The average Bonchev–Trinajstić information content (AvgIpc) is 3.59. The van der Waals surface area contributed by atoms with Crippen molar-refractivity contribution in [1.29, 1.82) is 0 Å². The zero-order valence-electron chi connectivity index (χ0n) is 18.2. The minimum absolute atomic E-state index is 0.0795. The van der Waals surface area contributed by atoms with Crippen LogP contribution in [0.1, 0.15) is 31.4 Å². The molecule has 5 aromatic rings. The molecule has 1 unspecified atom stereocenters. The highest BCUT2D eigenvalue weighted by molar-refractivity contribution is 7.99. The molecular weight excluding hydrogens is 460 g/mol. The Labute approximate surface area is 197 Å². The third-order valence-electron chi connectivity index (χ3n) is 5.17. The van der Waals surface area contributed by atoms with E-state index in [9.17, 15) is 4.79 Å². The van der Waals surface area contributed by atoms with Gasteiger partial charge < -0.3 is 9.26 Å². The Hall–Kier alpha value is -3.02. The molecule has 0 aliphatic rings. The first kappa shape index (κ1) is 21.8. The van der Waals surface area contributed by atoms with E-state index in [2.05, 4.69) is 20.3 Å². The van der Waals surface area contributed by atoms with E-state index in [1.54, 1.807) is 15.9 Å². The molecule has 170 valence electrons. The van der Waals surface area contributed by atoms with Gasteiger partial charge in [-0.1, -0.05) is 35.1 Å². The van der Waals surface area contributed by atoms with Gasteiger partial charge in [0.2, 0.25) is 17.5 Å². The number of thioether (sulfide) groups is 1. The van der Waals surface area contributed by atoms with Gasteiger partial charge in [0, 0.05) is 19.8 Å². The smallest absolute Gasteiger partial charge is 0.262 e. The van der Waals surface area contributed by atoms with Gasteiger partial charge in [0.25, 0.3) is 5.56 Å². The average molecular weight is 483 g/mol. The molecule has 0 saturated carbocycles. The standard InChI is InChI=1S/C22H22N6O3S2/c1-3-30-12-7-11-27-20(29)15-8-4-5-9-16(15)28-21(27)24-25-22(28)33-14(2)19-23-18(26-31-19)17-10-6-13-32-17/h4-6,8-10,13-14H,3,7,11-12H2,1-2H3.